The first-order valence-corrected chi connectivity index (χ1v) is 5.17. The lowest BCUT2D eigenvalue weighted by Crippen LogP contribution is -2.30. The molecule has 1 aromatic rings. The van der Waals surface area contributed by atoms with E-state index in [1.54, 1.807) is 38.3 Å². The first-order chi connectivity index (χ1) is 7.57. The van der Waals surface area contributed by atoms with E-state index in [4.69, 9.17) is 14.6 Å². The smallest absolute Gasteiger partial charge is 0.119 e. The predicted molar refractivity (Wildman–Crippen MR) is 60.8 cm³/mol. The number of aliphatic hydroxyl groups is 2. The first-order valence-electron chi connectivity index (χ1n) is 5.17. The highest BCUT2D eigenvalue weighted by Gasteiger charge is 2.18. The molecule has 0 unspecified atom stereocenters. The summed E-state index contributed by atoms with van der Waals surface area (Å²) in [5, 5.41) is 18.4. The highest BCUT2D eigenvalue weighted by Crippen LogP contribution is 2.18. The fraction of sp³-hybridized carbons (Fsp3) is 0.500. The van der Waals surface area contributed by atoms with Gasteiger partial charge < -0.3 is 19.7 Å². The maximum atomic E-state index is 9.53. The summed E-state index contributed by atoms with van der Waals surface area (Å²) >= 11 is 0. The summed E-state index contributed by atoms with van der Waals surface area (Å²) in [6, 6.07) is 7.21. The van der Waals surface area contributed by atoms with Crippen LogP contribution in [-0.2, 0) is 0 Å². The second-order valence-electron chi connectivity index (χ2n) is 3.93. The zero-order chi connectivity index (χ0) is 12.0. The molecule has 0 aliphatic carbocycles. The van der Waals surface area contributed by atoms with Gasteiger partial charge in [-0.15, -0.1) is 0 Å². The van der Waals surface area contributed by atoms with Gasteiger partial charge in [-0.2, -0.15) is 0 Å². The lowest BCUT2D eigenvalue weighted by Gasteiger charge is -2.20. The van der Waals surface area contributed by atoms with Crippen molar-refractivity contribution in [3.8, 4) is 11.5 Å². The van der Waals surface area contributed by atoms with Crippen LogP contribution in [0.25, 0.3) is 0 Å². The lowest BCUT2D eigenvalue weighted by molar-refractivity contribution is -0.0139. The molecule has 0 bridgehead atoms. The van der Waals surface area contributed by atoms with Crippen LogP contribution in [0.2, 0.25) is 0 Å². The van der Waals surface area contributed by atoms with E-state index in [1.807, 2.05) is 0 Å². The molecule has 0 spiro atoms. The van der Waals surface area contributed by atoms with Crippen LogP contribution in [0.15, 0.2) is 24.3 Å². The summed E-state index contributed by atoms with van der Waals surface area (Å²) in [7, 11) is 1.61. The minimum Gasteiger partial charge on any atom is -0.497 e. The molecule has 4 nitrogen and oxygen atoms in total. The third kappa shape index (κ3) is 4.08. The van der Waals surface area contributed by atoms with Crippen molar-refractivity contribution in [3.63, 3.8) is 0 Å². The third-order valence-electron chi connectivity index (χ3n) is 2.31. The molecule has 1 atom stereocenters. The summed E-state index contributed by atoms with van der Waals surface area (Å²) in [5.41, 5.74) is -1.08. The molecule has 90 valence electrons. The predicted octanol–water partition coefficient (Wildman–Crippen LogP) is 1.21. The van der Waals surface area contributed by atoms with Gasteiger partial charge >= 0.3 is 0 Å². The van der Waals surface area contributed by atoms with E-state index >= 15 is 0 Å². The Morgan fingerprint density at radius 3 is 2.25 bits per heavy atom. The van der Waals surface area contributed by atoms with Crippen LogP contribution >= 0.6 is 0 Å². The summed E-state index contributed by atoms with van der Waals surface area (Å²) in [4.78, 5) is 0. The van der Waals surface area contributed by atoms with Crippen molar-refractivity contribution in [3.05, 3.63) is 24.3 Å². The monoisotopic (exact) mass is 226 g/mol. The summed E-state index contributed by atoms with van der Waals surface area (Å²) in [6.07, 6.45) is 0.384. The molecular weight excluding hydrogens is 208 g/mol. The number of benzene rings is 1. The first kappa shape index (κ1) is 12.8. The van der Waals surface area contributed by atoms with Crippen LogP contribution in [0.4, 0.5) is 0 Å². The fourth-order valence-corrected chi connectivity index (χ4v) is 1.14. The molecular formula is C12H18O4. The van der Waals surface area contributed by atoms with E-state index < -0.39 is 5.60 Å². The van der Waals surface area contributed by atoms with Gasteiger partial charge in [-0.05, 0) is 31.2 Å². The standard InChI is InChI=1S/C12H18O4/c1-12(14,9-13)7-8-16-11-5-3-10(15-2)4-6-11/h3-6,13-14H,7-9H2,1-2H3/t12-/m0/s1. The van der Waals surface area contributed by atoms with Crippen molar-refractivity contribution in [1.29, 1.82) is 0 Å². The normalized spacial score (nSPS) is 14.2. The second kappa shape index (κ2) is 5.72. The summed E-state index contributed by atoms with van der Waals surface area (Å²) in [6.45, 7) is 1.67. The van der Waals surface area contributed by atoms with Crippen molar-refractivity contribution in [2.45, 2.75) is 18.9 Å². The van der Waals surface area contributed by atoms with Crippen molar-refractivity contribution in [2.24, 2.45) is 0 Å². The Bertz CT molecular complexity index is 305. The van der Waals surface area contributed by atoms with E-state index in [-0.39, 0.29) is 6.61 Å². The van der Waals surface area contributed by atoms with Gasteiger partial charge in [-0.3, -0.25) is 0 Å². The second-order valence-corrected chi connectivity index (χ2v) is 3.93. The molecule has 0 fully saturated rings. The minimum absolute atomic E-state index is 0.265. The molecule has 0 heterocycles. The van der Waals surface area contributed by atoms with Crippen LogP contribution < -0.4 is 9.47 Å². The van der Waals surface area contributed by atoms with Gasteiger partial charge in [0.15, 0.2) is 0 Å². The average molecular weight is 226 g/mol. The number of ether oxygens (including phenoxy) is 2. The molecule has 1 aromatic carbocycles. The number of methoxy groups -OCH3 is 1. The SMILES string of the molecule is COc1ccc(OCC[C@](C)(O)CO)cc1. The van der Waals surface area contributed by atoms with Crippen LogP contribution in [0, 0.1) is 0 Å². The Hall–Kier alpha value is -1.26. The Morgan fingerprint density at radius 2 is 1.75 bits per heavy atom. The van der Waals surface area contributed by atoms with Gasteiger partial charge in [-0.25, -0.2) is 0 Å². The molecule has 0 radical (unpaired) electrons. The van der Waals surface area contributed by atoms with E-state index in [9.17, 15) is 5.11 Å². The topological polar surface area (TPSA) is 58.9 Å². The van der Waals surface area contributed by atoms with E-state index in [0.717, 1.165) is 11.5 Å². The largest absolute Gasteiger partial charge is 0.497 e. The molecule has 0 saturated heterocycles. The molecule has 1 rings (SSSR count). The Morgan fingerprint density at radius 1 is 1.19 bits per heavy atom. The van der Waals surface area contributed by atoms with Gasteiger partial charge in [0, 0.05) is 6.42 Å². The minimum atomic E-state index is -1.08. The fourth-order valence-electron chi connectivity index (χ4n) is 1.14. The van der Waals surface area contributed by atoms with Gasteiger partial charge in [0.2, 0.25) is 0 Å². The zero-order valence-electron chi connectivity index (χ0n) is 9.64. The third-order valence-corrected chi connectivity index (χ3v) is 2.31. The Kier molecular flexibility index (Phi) is 4.58. The maximum Gasteiger partial charge on any atom is 0.119 e. The van der Waals surface area contributed by atoms with Gasteiger partial charge in [-0.1, -0.05) is 0 Å². The number of hydrogen-bond acceptors (Lipinski definition) is 4. The van der Waals surface area contributed by atoms with Crippen LogP contribution in [-0.4, -0.2) is 36.1 Å². The van der Waals surface area contributed by atoms with Crippen molar-refractivity contribution in [1.82, 2.24) is 0 Å². The van der Waals surface area contributed by atoms with Crippen molar-refractivity contribution < 1.29 is 19.7 Å². The van der Waals surface area contributed by atoms with Gasteiger partial charge in [0.05, 0.1) is 25.9 Å². The quantitative estimate of drug-likeness (QED) is 0.765. The Balaban J connectivity index is 2.37. The van der Waals surface area contributed by atoms with E-state index in [0.29, 0.717) is 13.0 Å². The molecule has 0 aromatic heterocycles. The summed E-state index contributed by atoms with van der Waals surface area (Å²) in [5.74, 6) is 1.49. The van der Waals surface area contributed by atoms with Crippen LogP contribution in [0.1, 0.15) is 13.3 Å². The highest BCUT2D eigenvalue weighted by molar-refractivity contribution is 5.31. The molecule has 0 aliphatic rings. The highest BCUT2D eigenvalue weighted by atomic mass is 16.5. The number of aliphatic hydroxyl groups excluding tert-OH is 1. The lowest BCUT2D eigenvalue weighted by atomic mass is 10.1. The molecule has 0 saturated carbocycles. The maximum absolute atomic E-state index is 9.53. The van der Waals surface area contributed by atoms with E-state index in [1.165, 1.54) is 0 Å². The molecule has 4 heteroatoms. The van der Waals surface area contributed by atoms with Gasteiger partial charge in [0.1, 0.15) is 11.5 Å². The Labute approximate surface area is 95.4 Å². The van der Waals surface area contributed by atoms with Crippen LogP contribution in [0.3, 0.4) is 0 Å². The molecule has 0 amide bonds. The zero-order valence-corrected chi connectivity index (χ0v) is 9.64. The molecule has 0 aliphatic heterocycles. The molecule has 2 N–H and O–H groups in total. The molecule has 16 heavy (non-hydrogen) atoms. The number of hydrogen-bond donors (Lipinski definition) is 2. The van der Waals surface area contributed by atoms with Crippen molar-refractivity contribution in [2.75, 3.05) is 20.3 Å². The van der Waals surface area contributed by atoms with E-state index in [2.05, 4.69) is 0 Å². The van der Waals surface area contributed by atoms with Crippen LogP contribution in [0.5, 0.6) is 11.5 Å². The average Bonchev–Trinajstić information content (AvgIpc) is 2.30. The van der Waals surface area contributed by atoms with Gasteiger partial charge in [0.25, 0.3) is 0 Å². The summed E-state index contributed by atoms with van der Waals surface area (Å²) < 4.78 is 10.4. The number of rotatable bonds is 6. The van der Waals surface area contributed by atoms with Crippen molar-refractivity contribution >= 4 is 0 Å².